The van der Waals surface area contributed by atoms with Crippen LogP contribution in [0.2, 0.25) is 0 Å². The Kier molecular flexibility index (Phi) is 3.88. The third kappa shape index (κ3) is 2.41. The number of hydrogen-bond donors (Lipinski definition) is 0. The molecule has 21 heavy (non-hydrogen) atoms. The number of hydrogen-bond acceptors (Lipinski definition) is 2. The third-order valence-electron chi connectivity index (χ3n) is 3.77. The summed E-state index contributed by atoms with van der Waals surface area (Å²) >= 11 is 6.60. The highest BCUT2D eigenvalue weighted by atomic mass is 35.7. The Balaban J connectivity index is 2.02. The highest BCUT2D eigenvalue weighted by Gasteiger charge is 2.38. The maximum Gasteiger partial charge on any atom is 0.261 e. The molecule has 0 saturated heterocycles. The van der Waals surface area contributed by atoms with Crippen LogP contribution in [0.1, 0.15) is 28.9 Å². The van der Waals surface area contributed by atoms with E-state index in [4.69, 9.17) is 11.2 Å². The summed E-state index contributed by atoms with van der Waals surface area (Å²) in [6.45, 7) is 2.02. The second-order valence-electron chi connectivity index (χ2n) is 5.02. The molecule has 1 aliphatic rings. The fraction of sp³-hybridized carbons (Fsp3) is 0.188. The fourth-order valence-electron chi connectivity index (χ4n) is 2.56. The summed E-state index contributed by atoms with van der Waals surface area (Å²) in [6, 6.07) is 17.5. The van der Waals surface area contributed by atoms with Crippen LogP contribution >= 0.6 is 18.8 Å². The van der Waals surface area contributed by atoms with Crippen LogP contribution in [0.4, 0.5) is 5.69 Å². The van der Waals surface area contributed by atoms with E-state index in [0.29, 0.717) is 5.56 Å². The van der Waals surface area contributed by atoms with Gasteiger partial charge in [0.25, 0.3) is 5.91 Å². The molecule has 2 atom stereocenters. The van der Waals surface area contributed by atoms with E-state index < -0.39 is 7.58 Å². The minimum Gasteiger partial charge on any atom is -0.324 e. The summed E-state index contributed by atoms with van der Waals surface area (Å²) in [6.07, 6.45) is 0. The van der Waals surface area contributed by atoms with E-state index >= 15 is 0 Å². The van der Waals surface area contributed by atoms with Crippen molar-refractivity contribution in [2.24, 2.45) is 0 Å². The topological polar surface area (TPSA) is 23.6 Å². The molecule has 0 fully saturated rings. The van der Waals surface area contributed by atoms with Crippen LogP contribution in [0.5, 0.6) is 0 Å². The Morgan fingerprint density at radius 2 is 1.67 bits per heavy atom. The molecule has 5 heteroatoms. The van der Waals surface area contributed by atoms with Crippen LogP contribution in [0, 0.1) is 0 Å². The molecule has 0 aromatic heterocycles. The Hall–Kier alpha value is -1.57. The van der Waals surface area contributed by atoms with E-state index in [-0.39, 0.29) is 11.9 Å². The van der Waals surface area contributed by atoms with E-state index in [2.05, 4.69) is 0 Å². The van der Waals surface area contributed by atoms with Crippen LogP contribution in [-0.4, -0.2) is 17.6 Å². The molecule has 0 N–H and O–H groups in total. The number of benzene rings is 2. The van der Waals surface area contributed by atoms with Gasteiger partial charge in [0.2, 0.25) is 0 Å². The van der Waals surface area contributed by atoms with Crippen molar-refractivity contribution < 1.29 is 4.79 Å². The maximum absolute atomic E-state index is 12.8. The van der Waals surface area contributed by atoms with Gasteiger partial charge in [-0.25, -0.2) is 0 Å². The Morgan fingerprint density at radius 3 is 2.38 bits per heavy atom. The summed E-state index contributed by atoms with van der Waals surface area (Å²) in [5.74, 6) is 0.00108. The van der Waals surface area contributed by atoms with Gasteiger partial charge in [0.1, 0.15) is 0 Å². The molecule has 1 unspecified atom stereocenters. The molecular weight excluding hydrogens is 303 g/mol. The van der Waals surface area contributed by atoms with Crippen molar-refractivity contribution in [1.82, 2.24) is 4.67 Å². The van der Waals surface area contributed by atoms with Crippen LogP contribution in [0.25, 0.3) is 0 Å². The monoisotopic (exact) mass is 318 g/mol. The molecule has 0 bridgehead atoms. The first-order chi connectivity index (χ1) is 10.1. The zero-order valence-corrected chi connectivity index (χ0v) is 13.6. The lowest BCUT2D eigenvalue weighted by molar-refractivity contribution is 0.0831. The molecule has 2 aromatic rings. The molecule has 2 aromatic carbocycles. The van der Waals surface area contributed by atoms with Crippen molar-refractivity contribution in [2.45, 2.75) is 13.0 Å². The number of amides is 1. The van der Waals surface area contributed by atoms with Crippen molar-refractivity contribution in [1.29, 1.82) is 0 Å². The summed E-state index contributed by atoms with van der Waals surface area (Å²) in [4.78, 5) is 12.8. The van der Waals surface area contributed by atoms with Gasteiger partial charge >= 0.3 is 0 Å². The number of carbonyl (C=O) groups is 1. The van der Waals surface area contributed by atoms with Gasteiger partial charge in [-0.05, 0) is 35.9 Å². The van der Waals surface area contributed by atoms with E-state index in [1.165, 1.54) is 0 Å². The number of anilines is 1. The third-order valence-corrected chi connectivity index (χ3v) is 6.53. The van der Waals surface area contributed by atoms with Crippen molar-refractivity contribution in [3.63, 3.8) is 0 Å². The van der Waals surface area contributed by atoms with Crippen LogP contribution in [0.3, 0.4) is 0 Å². The second kappa shape index (κ2) is 5.67. The molecule has 1 amide bonds. The normalized spacial score (nSPS) is 19.4. The molecular formula is C16H16ClN2OP. The number of para-hydroxylation sites is 1. The first-order valence-electron chi connectivity index (χ1n) is 6.78. The smallest absolute Gasteiger partial charge is 0.261 e. The molecule has 1 aliphatic heterocycles. The summed E-state index contributed by atoms with van der Waals surface area (Å²) in [5, 5.41) is 0. The average Bonchev–Trinajstić information content (AvgIpc) is 2.53. The quantitative estimate of drug-likeness (QED) is 0.742. The summed E-state index contributed by atoms with van der Waals surface area (Å²) < 4.78 is 3.78. The molecule has 3 rings (SSSR count). The summed E-state index contributed by atoms with van der Waals surface area (Å²) in [7, 11) is 0.723. The fourth-order valence-corrected chi connectivity index (χ4v) is 4.72. The molecule has 0 aliphatic carbocycles. The zero-order valence-electron chi connectivity index (χ0n) is 11.9. The van der Waals surface area contributed by atoms with Gasteiger partial charge in [-0.1, -0.05) is 42.5 Å². The predicted molar refractivity (Wildman–Crippen MR) is 88.6 cm³/mol. The highest BCUT2D eigenvalue weighted by molar-refractivity contribution is 7.83. The molecule has 108 valence electrons. The number of carbonyl (C=O) groups excluding carboxylic acids is 1. The minimum absolute atomic E-state index is 0.00108. The Morgan fingerprint density at radius 1 is 1.05 bits per heavy atom. The van der Waals surface area contributed by atoms with E-state index in [9.17, 15) is 4.79 Å². The van der Waals surface area contributed by atoms with Gasteiger partial charge in [0.05, 0.1) is 17.3 Å². The molecule has 1 heterocycles. The number of halogens is 1. The molecule has 0 saturated carbocycles. The largest absolute Gasteiger partial charge is 0.324 e. The van der Waals surface area contributed by atoms with Crippen LogP contribution in [0.15, 0.2) is 54.6 Å². The standard InChI is InChI=1S/C16H16ClN2OP/c1-12(13-8-4-3-5-9-13)19-16(20)14-10-6-7-11-15(14)18(2)21(19)17/h3-12H,1-2H3/t12-,21?/m0/s1. The summed E-state index contributed by atoms with van der Waals surface area (Å²) in [5.41, 5.74) is 2.70. The van der Waals surface area contributed by atoms with Crippen LogP contribution < -0.4 is 4.67 Å². The maximum atomic E-state index is 12.8. The lowest BCUT2D eigenvalue weighted by Gasteiger charge is -2.42. The van der Waals surface area contributed by atoms with Crippen molar-refractivity contribution >= 4 is 30.4 Å². The number of nitrogens with zero attached hydrogens (tertiary/aromatic N) is 2. The lowest BCUT2D eigenvalue weighted by Crippen LogP contribution is -2.37. The van der Waals surface area contributed by atoms with Gasteiger partial charge < -0.3 is 4.67 Å². The lowest BCUT2D eigenvalue weighted by atomic mass is 10.1. The molecule has 0 radical (unpaired) electrons. The van der Waals surface area contributed by atoms with Gasteiger partial charge in [0, 0.05) is 7.05 Å². The zero-order chi connectivity index (χ0) is 15.0. The second-order valence-corrected chi connectivity index (χ2v) is 7.44. The van der Waals surface area contributed by atoms with Gasteiger partial charge in [0.15, 0.2) is 7.58 Å². The van der Waals surface area contributed by atoms with Gasteiger partial charge in [-0.3, -0.25) is 9.46 Å². The van der Waals surface area contributed by atoms with Crippen molar-refractivity contribution in [3.05, 3.63) is 65.7 Å². The number of rotatable bonds is 2. The van der Waals surface area contributed by atoms with E-state index in [1.807, 2.05) is 73.2 Å². The highest BCUT2D eigenvalue weighted by Crippen LogP contribution is 2.58. The average molecular weight is 319 g/mol. The first-order valence-corrected chi connectivity index (χ1v) is 8.93. The molecule has 3 nitrogen and oxygen atoms in total. The Labute approximate surface area is 130 Å². The minimum atomic E-state index is -1.22. The van der Waals surface area contributed by atoms with Crippen molar-refractivity contribution in [2.75, 3.05) is 11.7 Å². The molecule has 0 spiro atoms. The predicted octanol–water partition coefficient (Wildman–Crippen LogP) is 4.81. The van der Waals surface area contributed by atoms with Gasteiger partial charge in [-0.2, -0.15) is 0 Å². The Bertz CT molecular complexity index is 664. The van der Waals surface area contributed by atoms with E-state index in [1.54, 1.807) is 4.67 Å². The SMILES string of the molecule is C[C@@H](c1ccccc1)N1C(=O)c2ccccc2N(C)P1Cl. The van der Waals surface area contributed by atoms with Crippen LogP contribution in [-0.2, 0) is 0 Å². The first kappa shape index (κ1) is 14.4. The number of fused-ring (bicyclic) bond motifs is 1. The van der Waals surface area contributed by atoms with Crippen molar-refractivity contribution in [3.8, 4) is 0 Å². The van der Waals surface area contributed by atoms with Gasteiger partial charge in [-0.15, -0.1) is 0 Å². The van der Waals surface area contributed by atoms with E-state index in [0.717, 1.165) is 11.3 Å².